The van der Waals surface area contributed by atoms with Crippen molar-refractivity contribution in [1.82, 2.24) is 0 Å². The van der Waals surface area contributed by atoms with E-state index in [-0.39, 0.29) is 67.3 Å². The summed E-state index contributed by atoms with van der Waals surface area (Å²) < 4.78 is 12.3. The predicted octanol–water partition coefficient (Wildman–Crippen LogP) is 3.81. The standard InChI is InChI=1S/C17H23BrO3.Ac/c1-16(2)9-14(19)17(3,4)12-7-10(13(18)8-11(12)16)15-20-5-6-21-15;/h7-8,14-15,19H,5-6,9H2,1-4H3;. The molecule has 1 saturated heterocycles. The van der Waals surface area contributed by atoms with E-state index < -0.39 is 0 Å². The van der Waals surface area contributed by atoms with Crippen molar-refractivity contribution in [2.45, 2.75) is 57.3 Å². The van der Waals surface area contributed by atoms with Crippen LogP contribution in [0.15, 0.2) is 16.6 Å². The number of aliphatic hydroxyl groups is 1. The Morgan fingerprint density at radius 3 is 2.27 bits per heavy atom. The predicted molar refractivity (Wildman–Crippen MR) is 85.5 cm³/mol. The van der Waals surface area contributed by atoms with Crippen LogP contribution < -0.4 is 0 Å². The molecule has 3 nitrogen and oxygen atoms in total. The number of hydrogen-bond donors (Lipinski definition) is 1. The summed E-state index contributed by atoms with van der Waals surface area (Å²) in [6, 6.07) is 4.34. The van der Waals surface area contributed by atoms with Crippen LogP contribution in [0.4, 0.5) is 0 Å². The van der Waals surface area contributed by atoms with Crippen LogP contribution in [0.25, 0.3) is 0 Å². The molecule has 1 aliphatic carbocycles. The molecule has 1 radical (unpaired) electrons. The van der Waals surface area contributed by atoms with Gasteiger partial charge in [0, 0.05) is 59.5 Å². The normalized spacial score (nSPS) is 26.4. The maximum absolute atomic E-state index is 10.6. The van der Waals surface area contributed by atoms with Gasteiger partial charge in [-0.25, -0.2) is 0 Å². The van der Waals surface area contributed by atoms with Crippen molar-refractivity contribution in [2.75, 3.05) is 13.2 Å². The molecule has 1 unspecified atom stereocenters. The number of ether oxygens (including phenoxy) is 2. The van der Waals surface area contributed by atoms with Crippen molar-refractivity contribution in [1.29, 1.82) is 0 Å². The summed E-state index contributed by atoms with van der Waals surface area (Å²) in [5.74, 6) is 0. The quantitative estimate of drug-likeness (QED) is 0.548. The average Bonchev–Trinajstić information content (AvgIpc) is 2.89. The van der Waals surface area contributed by atoms with Crippen molar-refractivity contribution in [2.24, 2.45) is 0 Å². The van der Waals surface area contributed by atoms with E-state index in [0.717, 1.165) is 16.5 Å². The zero-order chi connectivity index (χ0) is 15.4. The third-order valence-corrected chi connectivity index (χ3v) is 5.66. The van der Waals surface area contributed by atoms with Gasteiger partial charge in [-0.3, -0.25) is 0 Å². The molecule has 0 amide bonds. The first kappa shape index (κ1) is 19.3. The van der Waals surface area contributed by atoms with Crippen LogP contribution in [-0.2, 0) is 20.3 Å². The second-order valence-corrected chi connectivity index (χ2v) is 8.17. The molecule has 1 aromatic rings. The van der Waals surface area contributed by atoms with Crippen molar-refractivity contribution in [3.63, 3.8) is 0 Å². The maximum Gasteiger partial charge on any atom is 0.185 e. The van der Waals surface area contributed by atoms with Crippen LogP contribution in [0.3, 0.4) is 0 Å². The first-order valence-electron chi connectivity index (χ1n) is 7.49. The van der Waals surface area contributed by atoms with E-state index in [4.69, 9.17) is 9.47 Å². The Bertz CT molecular complexity index is 565. The first-order chi connectivity index (χ1) is 9.73. The molecule has 1 fully saturated rings. The Kier molecular flexibility index (Phi) is 5.92. The fourth-order valence-electron chi connectivity index (χ4n) is 3.43. The molecule has 0 spiro atoms. The van der Waals surface area contributed by atoms with Gasteiger partial charge in [-0.05, 0) is 35.1 Å². The summed E-state index contributed by atoms with van der Waals surface area (Å²) in [5, 5.41) is 10.6. The second kappa shape index (κ2) is 6.73. The zero-order valence-corrected chi connectivity index (χ0v) is 20.0. The molecule has 0 saturated carbocycles. The number of fused-ring (bicyclic) bond motifs is 1. The van der Waals surface area contributed by atoms with Gasteiger partial charge < -0.3 is 14.6 Å². The Labute approximate surface area is 176 Å². The van der Waals surface area contributed by atoms with E-state index in [0.29, 0.717) is 13.2 Å². The molecule has 119 valence electrons. The molecule has 1 aromatic carbocycles. The molecule has 0 aromatic heterocycles. The Morgan fingerprint density at radius 1 is 1.09 bits per heavy atom. The van der Waals surface area contributed by atoms with Gasteiger partial charge >= 0.3 is 0 Å². The summed E-state index contributed by atoms with van der Waals surface area (Å²) in [6.45, 7) is 9.87. The van der Waals surface area contributed by atoms with Gasteiger partial charge in [0.1, 0.15) is 0 Å². The summed E-state index contributed by atoms with van der Waals surface area (Å²) in [4.78, 5) is 0. The average molecular weight is 582 g/mol. The third-order valence-electron chi connectivity index (χ3n) is 4.97. The summed E-state index contributed by atoms with van der Waals surface area (Å²) >= 11 is 3.67. The summed E-state index contributed by atoms with van der Waals surface area (Å²) in [7, 11) is 0. The van der Waals surface area contributed by atoms with Crippen molar-refractivity contribution in [3.8, 4) is 0 Å². The number of halogens is 1. The van der Waals surface area contributed by atoms with Gasteiger partial charge in [-0.1, -0.05) is 43.6 Å². The maximum atomic E-state index is 10.6. The minimum Gasteiger partial charge on any atom is -0.392 e. The molecule has 22 heavy (non-hydrogen) atoms. The topological polar surface area (TPSA) is 38.7 Å². The minimum atomic E-state index is -0.348. The van der Waals surface area contributed by atoms with Crippen molar-refractivity contribution in [3.05, 3.63) is 33.3 Å². The summed E-state index contributed by atoms with van der Waals surface area (Å²) in [6.07, 6.45) is 0.122. The van der Waals surface area contributed by atoms with Gasteiger partial charge in [0.15, 0.2) is 6.29 Å². The Hall–Kier alpha value is 1.02. The summed E-state index contributed by atoms with van der Waals surface area (Å²) in [5.41, 5.74) is 3.21. The van der Waals surface area contributed by atoms with Crippen LogP contribution >= 0.6 is 15.9 Å². The molecular formula is C17H23AcBrO3. The van der Waals surface area contributed by atoms with E-state index in [1.165, 1.54) is 11.1 Å². The molecule has 1 N–H and O–H groups in total. The molecule has 1 aliphatic heterocycles. The first-order valence-corrected chi connectivity index (χ1v) is 8.28. The van der Waals surface area contributed by atoms with Gasteiger partial charge in [0.25, 0.3) is 0 Å². The van der Waals surface area contributed by atoms with E-state index in [9.17, 15) is 5.11 Å². The Balaban J connectivity index is 0.00000176. The number of benzene rings is 1. The SMILES string of the molecule is CC1(C)CC(O)C(C)(C)c2cc(C3OCCO3)c(Br)cc21.[Ac]. The van der Waals surface area contributed by atoms with E-state index >= 15 is 0 Å². The largest absolute Gasteiger partial charge is 0.392 e. The third kappa shape index (κ3) is 3.24. The molecule has 3 rings (SSSR count). The molecule has 5 heteroatoms. The number of rotatable bonds is 1. The minimum absolute atomic E-state index is 0. The second-order valence-electron chi connectivity index (χ2n) is 7.32. The fourth-order valence-corrected chi connectivity index (χ4v) is 3.96. The Morgan fingerprint density at radius 2 is 1.68 bits per heavy atom. The van der Waals surface area contributed by atoms with Gasteiger partial charge in [0.05, 0.1) is 19.3 Å². The smallest absolute Gasteiger partial charge is 0.185 e. The van der Waals surface area contributed by atoms with Crippen LogP contribution in [0.1, 0.15) is 57.1 Å². The van der Waals surface area contributed by atoms with Gasteiger partial charge in [-0.2, -0.15) is 0 Å². The van der Waals surface area contributed by atoms with Crippen LogP contribution in [-0.4, -0.2) is 24.4 Å². The number of aliphatic hydroxyl groups excluding tert-OH is 1. The molecule has 2 aliphatic rings. The fraction of sp³-hybridized carbons (Fsp3) is 0.647. The van der Waals surface area contributed by atoms with E-state index in [1.54, 1.807) is 0 Å². The molecular weight excluding hydrogens is 559 g/mol. The van der Waals surface area contributed by atoms with Crippen molar-refractivity contribution < 1.29 is 58.6 Å². The van der Waals surface area contributed by atoms with E-state index in [2.05, 4.69) is 55.8 Å². The van der Waals surface area contributed by atoms with Crippen molar-refractivity contribution >= 4 is 15.9 Å². The zero-order valence-electron chi connectivity index (χ0n) is 13.6. The monoisotopic (exact) mass is 581 g/mol. The van der Waals surface area contributed by atoms with E-state index in [1.807, 2.05) is 0 Å². The van der Waals surface area contributed by atoms with Gasteiger partial charge in [0.2, 0.25) is 0 Å². The van der Waals surface area contributed by atoms with Gasteiger partial charge in [-0.15, -0.1) is 0 Å². The molecule has 0 bridgehead atoms. The molecule has 1 atom stereocenters. The molecule has 1 heterocycles. The van der Waals surface area contributed by atoms with Crippen LogP contribution in [0.5, 0.6) is 0 Å². The van der Waals surface area contributed by atoms with Crippen LogP contribution in [0.2, 0.25) is 0 Å². The van der Waals surface area contributed by atoms with Crippen LogP contribution in [0, 0.1) is 44.1 Å². The number of hydrogen-bond acceptors (Lipinski definition) is 3.